The van der Waals surface area contributed by atoms with E-state index < -0.39 is 0 Å². The molecule has 0 saturated heterocycles. The quantitative estimate of drug-likeness (QED) is 0.687. The second kappa shape index (κ2) is 6.80. The molecule has 6 heteroatoms. The van der Waals surface area contributed by atoms with Gasteiger partial charge in [0, 0.05) is 43.6 Å². The molecule has 0 radical (unpaired) electrons. The predicted octanol–water partition coefficient (Wildman–Crippen LogP) is 4.23. The van der Waals surface area contributed by atoms with E-state index in [9.17, 15) is 4.79 Å². The van der Waals surface area contributed by atoms with E-state index >= 15 is 0 Å². The Morgan fingerprint density at radius 2 is 1.88 bits per heavy atom. The van der Waals surface area contributed by atoms with Crippen LogP contribution in [0.3, 0.4) is 0 Å². The van der Waals surface area contributed by atoms with E-state index in [1.165, 1.54) is 17.0 Å². The Balaban J connectivity index is 1.96. The average Bonchev–Trinajstić information content (AvgIpc) is 3.02. The lowest BCUT2D eigenvalue weighted by molar-refractivity contribution is 0.0690. The van der Waals surface area contributed by atoms with Gasteiger partial charge < -0.3 is 14.0 Å². The monoisotopic (exact) mass is 372 g/mol. The third kappa shape index (κ3) is 3.12. The van der Waals surface area contributed by atoms with Gasteiger partial charge in [-0.15, -0.1) is 0 Å². The van der Waals surface area contributed by atoms with Gasteiger partial charge >= 0.3 is 0 Å². The highest BCUT2D eigenvalue weighted by Gasteiger charge is 2.22. The van der Waals surface area contributed by atoms with Gasteiger partial charge in [0.05, 0.1) is 11.0 Å². The van der Waals surface area contributed by atoms with Gasteiger partial charge in [-0.3, -0.25) is 4.79 Å². The van der Waals surface area contributed by atoms with Crippen molar-refractivity contribution >= 4 is 28.5 Å². The largest absolute Gasteiger partial charge is 0.352 e. The lowest BCUT2D eigenvalue weighted by atomic mass is 10.1. The minimum Gasteiger partial charge on any atom is -0.352 e. The van der Waals surface area contributed by atoms with Gasteiger partial charge in [-0.05, 0) is 69.1 Å². The molecular formula is C20H25ClN4O. The van der Waals surface area contributed by atoms with Crippen molar-refractivity contribution in [3.63, 3.8) is 0 Å². The van der Waals surface area contributed by atoms with Gasteiger partial charge in [0.2, 0.25) is 5.28 Å². The molecule has 0 spiro atoms. The van der Waals surface area contributed by atoms with Crippen LogP contribution in [0, 0.1) is 13.8 Å². The van der Waals surface area contributed by atoms with Crippen LogP contribution in [0.2, 0.25) is 5.28 Å². The normalized spacial score (nSPS) is 11.5. The van der Waals surface area contributed by atoms with E-state index in [1.54, 1.807) is 4.57 Å². The van der Waals surface area contributed by atoms with Gasteiger partial charge in [0.15, 0.2) is 0 Å². The number of aryl methyl sites for hydroxylation is 2. The van der Waals surface area contributed by atoms with Gasteiger partial charge in [-0.1, -0.05) is 0 Å². The zero-order chi connectivity index (χ0) is 19.2. The summed E-state index contributed by atoms with van der Waals surface area (Å²) >= 11 is 6.09. The molecule has 0 fully saturated rings. The first kappa shape index (κ1) is 18.5. The first-order valence-corrected chi connectivity index (χ1v) is 9.13. The zero-order valence-electron chi connectivity index (χ0n) is 16.2. The molecule has 0 aliphatic carbocycles. The van der Waals surface area contributed by atoms with Crippen LogP contribution in [0.1, 0.15) is 41.2 Å². The molecule has 0 aliphatic heterocycles. The van der Waals surface area contributed by atoms with Crippen LogP contribution in [0.4, 0.5) is 0 Å². The molecule has 5 nitrogen and oxygen atoms in total. The molecule has 1 aromatic carbocycles. The van der Waals surface area contributed by atoms with Gasteiger partial charge in [-0.2, -0.15) is 0 Å². The number of fused-ring (bicyclic) bond motifs is 1. The number of nitrogens with zero attached hydrogens (tertiary/aromatic N) is 4. The topological polar surface area (TPSA) is 43.1 Å². The SMILES string of the molecule is Cc1cc(CN(C(=O)c2ccc3nc(Cl)n(C)c3c2)C(C)C)c(C)n1C. The number of imidazole rings is 1. The number of rotatable bonds is 4. The number of halogens is 1. The smallest absolute Gasteiger partial charge is 0.254 e. The molecule has 26 heavy (non-hydrogen) atoms. The number of amides is 1. The number of aromatic nitrogens is 3. The molecule has 0 aliphatic rings. The van der Waals surface area contributed by atoms with Crippen molar-refractivity contribution < 1.29 is 4.79 Å². The van der Waals surface area contributed by atoms with Crippen molar-refractivity contribution in [3.05, 3.63) is 52.1 Å². The highest BCUT2D eigenvalue weighted by atomic mass is 35.5. The summed E-state index contributed by atoms with van der Waals surface area (Å²) in [6, 6.07) is 7.79. The van der Waals surface area contributed by atoms with Crippen LogP contribution in [0.25, 0.3) is 11.0 Å². The van der Waals surface area contributed by atoms with Crippen LogP contribution in [-0.4, -0.2) is 31.0 Å². The number of benzene rings is 1. The van der Waals surface area contributed by atoms with Crippen molar-refractivity contribution in [3.8, 4) is 0 Å². The van der Waals surface area contributed by atoms with Crippen molar-refractivity contribution in [2.75, 3.05) is 0 Å². The summed E-state index contributed by atoms with van der Waals surface area (Å²) in [6.45, 7) is 8.85. The van der Waals surface area contributed by atoms with Crippen LogP contribution >= 0.6 is 11.6 Å². The minimum atomic E-state index is 0.0140. The molecule has 3 aromatic rings. The van der Waals surface area contributed by atoms with E-state index in [0.29, 0.717) is 17.4 Å². The fourth-order valence-corrected chi connectivity index (χ4v) is 3.41. The maximum absolute atomic E-state index is 13.2. The predicted molar refractivity (Wildman–Crippen MR) is 106 cm³/mol. The molecule has 3 rings (SSSR count). The molecule has 138 valence electrons. The van der Waals surface area contributed by atoms with Crippen LogP contribution < -0.4 is 0 Å². The summed E-state index contributed by atoms with van der Waals surface area (Å²) in [5, 5.41) is 0.417. The Kier molecular flexibility index (Phi) is 4.84. The zero-order valence-corrected chi connectivity index (χ0v) is 16.9. The minimum absolute atomic E-state index is 0.0140. The summed E-state index contributed by atoms with van der Waals surface area (Å²) in [7, 11) is 3.90. The summed E-state index contributed by atoms with van der Waals surface area (Å²) < 4.78 is 3.94. The number of carbonyl (C=O) groups excluding carboxylic acids is 1. The Bertz CT molecular complexity index is 984. The van der Waals surface area contributed by atoms with Crippen LogP contribution in [0.15, 0.2) is 24.3 Å². The Morgan fingerprint density at radius 1 is 1.19 bits per heavy atom. The lowest BCUT2D eigenvalue weighted by Crippen LogP contribution is -2.36. The van der Waals surface area contributed by atoms with Gasteiger partial charge in [0.1, 0.15) is 0 Å². The third-order valence-corrected chi connectivity index (χ3v) is 5.52. The molecule has 0 N–H and O–H groups in total. The Morgan fingerprint density at radius 3 is 2.46 bits per heavy atom. The molecule has 2 aromatic heterocycles. The Labute approximate surface area is 159 Å². The van der Waals surface area contributed by atoms with E-state index in [0.717, 1.165) is 11.0 Å². The fourth-order valence-electron chi connectivity index (χ4n) is 3.23. The van der Waals surface area contributed by atoms with Gasteiger partial charge in [0.25, 0.3) is 5.91 Å². The first-order valence-electron chi connectivity index (χ1n) is 8.75. The number of hydrogen-bond donors (Lipinski definition) is 0. The maximum atomic E-state index is 13.2. The third-order valence-electron chi connectivity index (χ3n) is 5.18. The standard InChI is InChI=1S/C20H25ClN4O/c1-12(2)25(11-16-9-13(3)23(5)14(16)4)19(26)15-7-8-17-18(10-15)24(6)20(21)22-17/h7-10,12H,11H2,1-6H3. The maximum Gasteiger partial charge on any atom is 0.254 e. The molecular weight excluding hydrogens is 348 g/mol. The first-order chi connectivity index (χ1) is 12.2. The van der Waals surface area contributed by atoms with E-state index in [1.807, 2.05) is 44.0 Å². The molecule has 0 bridgehead atoms. The van der Waals surface area contributed by atoms with Crippen LogP contribution in [-0.2, 0) is 20.6 Å². The fraction of sp³-hybridized carbons (Fsp3) is 0.400. The molecule has 0 saturated carbocycles. The van der Waals surface area contributed by atoms with Crippen LogP contribution in [0.5, 0.6) is 0 Å². The number of hydrogen-bond acceptors (Lipinski definition) is 2. The van der Waals surface area contributed by atoms with Crippen molar-refractivity contribution in [2.24, 2.45) is 14.1 Å². The van der Waals surface area contributed by atoms with E-state index in [2.05, 4.69) is 36.5 Å². The van der Waals surface area contributed by atoms with E-state index in [4.69, 9.17) is 11.6 Å². The molecule has 1 amide bonds. The highest BCUT2D eigenvalue weighted by molar-refractivity contribution is 6.29. The van der Waals surface area contributed by atoms with Crippen molar-refractivity contribution in [1.82, 2.24) is 19.0 Å². The van der Waals surface area contributed by atoms with Gasteiger partial charge in [-0.25, -0.2) is 4.98 Å². The summed E-state index contributed by atoms with van der Waals surface area (Å²) in [6.07, 6.45) is 0. The van der Waals surface area contributed by atoms with Crippen molar-refractivity contribution in [2.45, 2.75) is 40.3 Å². The summed E-state index contributed by atoms with van der Waals surface area (Å²) in [4.78, 5) is 19.4. The highest BCUT2D eigenvalue weighted by Crippen LogP contribution is 2.23. The molecule has 0 unspecified atom stereocenters. The average molecular weight is 373 g/mol. The summed E-state index contributed by atoms with van der Waals surface area (Å²) in [5.74, 6) is 0.0140. The lowest BCUT2D eigenvalue weighted by Gasteiger charge is -2.27. The second-order valence-corrected chi connectivity index (χ2v) is 7.46. The number of carbonyl (C=O) groups is 1. The summed E-state index contributed by atoms with van der Waals surface area (Å²) in [5.41, 5.74) is 5.86. The molecule has 0 atom stereocenters. The van der Waals surface area contributed by atoms with Crippen molar-refractivity contribution in [1.29, 1.82) is 0 Å². The van der Waals surface area contributed by atoms with E-state index in [-0.39, 0.29) is 11.9 Å². The Hall–Kier alpha value is -2.27. The second-order valence-electron chi connectivity index (χ2n) is 7.13. The molecule has 2 heterocycles.